The van der Waals surface area contributed by atoms with Crippen molar-refractivity contribution >= 4 is 27.9 Å². The maximum atomic E-state index is 13.0. The van der Waals surface area contributed by atoms with Gasteiger partial charge in [0.05, 0.1) is 4.47 Å². The first kappa shape index (κ1) is 14.4. The fourth-order valence-corrected chi connectivity index (χ4v) is 1.74. The topological polar surface area (TPSA) is 66.9 Å². The van der Waals surface area contributed by atoms with Gasteiger partial charge in [0.1, 0.15) is 5.82 Å². The summed E-state index contributed by atoms with van der Waals surface area (Å²) < 4.78 is 13.7. The van der Waals surface area contributed by atoms with Gasteiger partial charge in [0, 0.05) is 18.9 Å². The van der Waals surface area contributed by atoms with Gasteiger partial charge in [0.15, 0.2) is 0 Å². The Morgan fingerprint density at radius 1 is 1.30 bits per heavy atom. The van der Waals surface area contributed by atoms with Crippen molar-refractivity contribution in [1.82, 2.24) is 15.3 Å². The maximum absolute atomic E-state index is 13.0. The summed E-state index contributed by atoms with van der Waals surface area (Å²) in [7, 11) is 0. The summed E-state index contributed by atoms with van der Waals surface area (Å²) >= 11 is 3.20. The molecule has 0 aliphatic heterocycles. The molecule has 2 rings (SSSR count). The third-order valence-corrected chi connectivity index (χ3v) is 2.84. The lowest BCUT2D eigenvalue weighted by Crippen LogP contribution is -2.31. The molecule has 0 radical (unpaired) electrons. The van der Waals surface area contributed by atoms with E-state index in [0.717, 1.165) is 10.0 Å². The van der Waals surface area contributed by atoms with E-state index in [1.165, 1.54) is 24.5 Å². The Kier molecular flexibility index (Phi) is 5.00. The summed E-state index contributed by atoms with van der Waals surface area (Å²) in [5.41, 5.74) is 0.824. The average Bonchev–Trinajstić information content (AvgIpc) is 2.41. The van der Waals surface area contributed by atoms with Crippen LogP contribution in [-0.4, -0.2) is 22.5 Å². The highest BCUT2D eigenvalue weighted by Crippen LogP contribution is 2.06. The number of hydrogen-bond acceptors (Lipinski definition) is 3. The maximum Gasteiger partial charge on any atom is 0.321 e. The molecule has 0 aliphatic rings. The first-order valence-electron chi connectivity index (χ1n) is 5.90. The number of carbonyl (C=O) groups excluding carboxylic acids is 1. The van der Waals surface area contributed by atoms with E-state index in [1.54, 1.807) is 12.1 Å². The number of nitrogens with one attached hydrogen (secondary N) is 2. The van der Waals surface area contributed by atoms with Gasteiger partial charge in [-0.15, -0.1) is 0 Å². The van der Waals surface area contributed by atoms with Crippen molar-refractivity contribution in [2.24, 2.45) is 0 Å². The van der Waals surface area contributed by atoms with E-state index in [0.29, 0.717) is 13.0 Å². The van der Waals surface area contributed by atoms with Gasteiger partial charge in [0.25, 0.3) is 0 Å². The molecular formula is C13H12BrFN4O. The Hall–Kier alpha value is -2.02. The Balaban J connectivity index is 1.76. The van der Waals surface area contributed by atoms with E-state index < -0.39 is 6.03 Å². The summed E-state index contributed by atoms with van der Waals surface area (Å²) in [6.45, 7) is 0.395. The summed E-state index contributed by atoms with van der Waals surface area (Å²) in [5, 5.41) is 5.15. The van der Waals surface area contributed by atoms with Gasteiger partial charge in [-0.2, -0.15) is 0 Å². The van der Waals surface area contributed by atoms with Crippen molar-refractivity contribution in [2.45, 2.75) is 6.42 Å². The Labute approximate surface area is 123 Å². The predicted octanol–water partition coefficient (Wildman–Crippen LogP) is 2.74. The molecule has 0 spiro atoms. The lowest BCUT2D eigenvalue weighted by Gasteiger charge is -2.06. The van der Waals surface area contributed by atoms with E-state index in [9.17, 15) is 9.18 Å². The lowest BCUT2D eigenvalue weighted by molar-refractivity contribution is 0.252. The van der Waals surface area contributed by atoms with Crippen LogP contribution in [0.3, 0.4) is 0 Å². The number of aromatic nitrogens is 2. The summed E-state index contributed by atoms with van der Waals surface area (Å²) in [6.07, 6.45) is 3.62. The fourth-order valence-electron chi connectivity index (χ4n) is 1.54. The number of carbonyl (C=O) groups is 1. The molecule has 7 heteroatoms. The molecule has 2 aromatic rings. The minimum absolute atomic E-state index is 0.219. The SMILES string of the molecule is O=C(NCCc1cccc(F)c1)Nc1ncc(Br)cn1. The Bertz CT molecular complexity index is 591. The van der Waals surface area contributed by atoms with Gasteiger partial charge in [-0.3, -0.25) is 5.32 Å². The van der Waals surface area contributed by atoms with Gasteiger partial charge < -0.3 is 5.32 Å². The van der Waals surface area contributed by atoms with E-state index in [-0.39, 0.29) is 11.8 Å². The minimum Gasteiger partial charge on any atom is -0.337 e. The highest BCUT2D eigenvalue weighted by Gasteiger charge is 2.03. The summed E-state index contributed by atoms with van der Waals surface area (Å²) in [4.78, 5) is 19.4. The zero-order valence-corrected chi connectivity index (χ0v) is 12.0. The number of anilines is 1. The molecule has 1 heterocycles. The van der Waals surface area contributed by atoms with E-state index in [2.05, 4.69) is 36.5 Å². The van der Waals surface area contributed by atoms with Gasteiger partial charge in [-0.1, -0.05) is 12.1 Å². The third kappa shape index (κ3) is 4.58. The third-order valence-electron chi connectivity index (χ3n) is 2.43. The summed E-state index contributed by atoms with van der Waals surface area (Å²) in [5.74, 6) is -0.0633. The monoisotopic (exact) mass is 338 g/mol. The van der Waals surface area contributed by atoms with Crippen molar-refractivity contribution in [3.8, 4) is 0 Å². The lowest BCUT2D eigenvalue weighted by atomic mass is 10.1. The Morgan fingerprint density at radius 3 is 2.75 bits per heavy atom. The smallest absolute Gasteiger partial charge is 0.321 e. The van der Waals surface area contributed by atoms with Crippen molar-refractivity contribution < 1.29 is 9.18 Å². The van der Waals surface area contributed by atoms with Crippen LogP contribution in [0, 0.1) is 5.82 Å². The molecule has 1 aromatic heterocycles. The second-order valence-electron chi connectivity index (χ2n) is 3.99. The molecule has 0 unspecified atom stereocenters. The van der Waals surface area contributed by atoms with E-state index >= 15 is 0 Å². The molecule has 0 bridgehead atoms. The molecule has 2 N–H and O–H groups in total. The molecule has 0 fully saturated rings. The molecule has 0 atom stereocenters. The molecule has 1 aromatic carbocycles. The van der Waals surface area contributed by atoms with Crippen molar-refractivity contribution in [3.63, 3.8) is 0 Å². The quantitative estimate of drug-likeness (QED) is 0.900. The van der Waals surface area contributed by atoms with Crippen LogP contribution >= 0.6 is 15.9 Å². The first-order valence-corrected chi connectivity index (χ1v) is 6.69. The molecular weight excluding hydrogens is 327 g/mol. The number of urea groups is 1. The van der Waals surface area contributed by atoms with Crippen LogP contribution in [0.15, 0.2) is 41.1 Å². The van der Waals surface area contributed by atoms with Crippen LogP contribution < -0.4 is 10.6 Å². The zero-order chi connectivity index (χ0) is 14.4. The fraction of sp³-hybridized carbons (Fsp3) is 0.154. The number of nitrogens with zero attached hydrogens (tertiary/aromatic N) is 2. The number of benzene rings is 1. The summed E-state index contributed by atoms with van der Waals surface area (Å²) in [6, 6.07) is 5.87. The Morgan fingerprint density at radius 2 is 2.05 bits per heavy atom. The normalized spacial score (nSPS) is 10.1. The van der Waals surface area contributed by atoms with Crippen LogP contribution in [-0.2, 0) is 6.42 Å². The van der Waals surface area contributed by atoms with Crippen molar-refractivity contribution in [3.05, 3.63) is 52.5 Å². The number of rotatable bonds is 4. The number of halogens is 2. The zero-order valence-electron chi connectivity index (χ0n) is 10.4. The molecule has 0 saturated carbocycles. The minimum atomic E-state index is -0.399. The second-order valence-corrected chi connectivity index (χ2v) is 4.90. The van der Waals surface area contributed by atoms with Gasteiger partial charge in [-0.25, -0.2) is 19.2 Å². The molecule has 2 amide bonds. The molecule has 0 aliphatic carbocycles. The molecule has 104 valence electrons. The second kappa shape index (κ2) is 6.95. The van der Waals surface area contributed by atoms with Crippen LogP contribution in [0.5, 0.6) is 0 Å². The van der Waals surface area contributed by atoms with Gasteiger partial charge in [0.2, 0.25) is 5.95 Å². The number of hydrogen-bond donors (Lipinski definition) is 2. The highest BCUT2D eigenvalue weighted by atomic mass is 79.9. The number of amides is 2. The average molecular weight is 339 g/mol. The predicted molar refractivity (Wildman–Crippen MR) is 76.9 cm³/mol. The van der Waals surface area contributed by atoms with Gasteiger partial charge in [-0.05, 0) is 40.0 Å². The van der Waals surface area contributed by atoms with Crippen LogP contribution in [0.2, 0.25) is 0 Å². The van der Waals surface area contributed by atoms with Crippen molar-refractivity contribution in [2.75, 3.05) is 11.9 Å². The van der Waals surface area contributed by atoms with Gasteiger partial charge >= 0.3 is 6.03 Å². The molecule has 0 saturated heterocycles. The first-order chi connectivity index (χ1) is 9.63. The van der Waals surface area contributed by atoms with E-state index in [4.69, 9.17) is 0 Å². The highest BCUT2D eigenvalue weighted by molar-refractivity contribution is 9.10. The van der Waals surface area contributed by atoms with Crippen LogP contribution in [0.4, 0.5) is 15.1 Å². The van der Waals surface area contributed by atoms with Crippen LogP contribution in [0.25, 0.3) is 0 Å². The van der Waals surface area contributed by atoms with Crippen molar-refractivity contribution in [1.29, 1.82) is 0 Å². The molecule has 5 nitrogen and oxygen atoms in total. The standard InChI is InChI=1S/C13H12BrFN4O/c14-10-7-17-12(18-8-10)19-13(20)16-5-4-9-2-1-3-11(15)6-9/h1-3,6-8H,4-5H2,(H2,16,17,18,19,20). The van der Waals surface area contributed by atoms with Crippen LogP contribution in [0.1, 0.15) is 5.56 Å². The van der Waals surface area contributed by atoms with E-state index in [1.807, 2.05) is 0 Å². The largest absolute Gasteiger partial charge is 0.337 e. The molecule has 20 heavy (non-hydrogen) atoms.